The van der Waals surface area contributed by atoms with E-state index >= 15 is 0 Å². The van der Waals surface area contributed by atoms with Crippen LogP contribution in [0.1, 0.15) is 28.0 Å². The van der Waals surface area contributed by atoms with Crippen molar-refractivity contribution >= 4 is 22.2 Å². The molecule has 5 heteroatoms. The normalized spacial score (nSPS) is 10.5. The Labute approximate surface area is 82.1 Å². The topological polar surface area (TPSA) is 30.0 Å². The van der Waals surface area contributed by atoms with E-state index in [1.54, 1.807) is 0 Å². The van der Waals surface area contributed by atoms with Gasteiger partial charge in [-0.2, -0.15) is 0 Å². The fourth-order valence-corrected chi connectivity index (χ4v) is 1.36. The number of carbonyl (C=O) groups excluding carboxylic acids is 1. The Hall–Kier alpha value is -0.840. The molecule has 0 aromatic carbocycles. The smallest absolute Gasteiger partial charge is 0.265 e. The van der Waals surface area contributed by atoms with Gasteiger partial charge in [0.1, 0.15) is 0 Å². The minimum atomic E-state index is -2.60. The first kappa shape index (κ1) is 10.2. The van der Waals surface area contributed by atoms with Crippen molar-refractivity contribution in [2.75, 3.05) is 0 Å². The van der Waals surface area contributed by atoms with E-state index in [0.717, 1.165) is 6.07 Å². The third-order valence-corrected chi connectivity index (χ3v) is 2.05. The summed E-state index contributed by atoms with van der Waals surface area (Å²) in [6.45, 7) is 0. The average molecular weight is 250 g/mol. The van der Waals surface area contributed by atoms with Crippen molar-refractivity contribution in [2.24, 2.45) is 0 Å². The lowest BCUT2D eigenvalue weighted by Crippen LogP contribution is -1.97. The molecule has 0 spiro atoms. The number of nitrogens with zero attached hydrogens (tertiary/aromatic N) is 1. The summed E-state index contributed by atoms with van der Waals surface area (Å²) >= 11 is 3.04. The van der Waals surface area contributed by atoms with Gasteiger partial charge in [-0.15, -0.1) is 0 Å². The lowest BCUT2D eigenvalue weighted by atomic mass is 10.1. The second-order valence-corrected chi connectivity index (χ2v) is 2.92. The van der Waals surface area contributed by atoms with Gasteiger partial charge in [0.2, 0.25) is 0 Å². The third kappa shape index (κ3) is 2.30. The number of hydrogen-bond donors (Lipinski definition) is 0. The first-order chi connectivity index (χ1) is 6.19. The third-order valence-electron chi connectivity index (χ3n) is 1.52. The molecule has 0 aliphatic rings. The van der Waals surface area contributed by atoms with Gasteiger partial charge in [-0.3, -0.25) is 9.78 Å². The maximum absolute atomic E-state index is 12.4. The van der Waals surface area contributed by atoms with Crippen LogP contribution in [0.3, 0.4) is 0 Å². The van der Waals surface area contributed by atoms with Crippen LogP contribution in [0.15, 0.2) is 12.3 Å². The second-order valence-electron chi connectivity index (χ2n) is 2.36. The van der Waals surface area contributed by atoms with Gasteiger partial charge in [-0.25, -0.2) is 8.78 Å². The van der Waals surface area contributed by atoms with Crippen LogP contribution >= 0.6 is 15.9 Å². The second kappa shape index (κ2) is 4.41. The van der Waals surface area contributed by atoms with Gasteiger partial charge < -0.3 is 0 Å². The van der Waals surface area contributed by atoms with E-state index in [2.05, 4.69) is 20.9 Å². The van der Waals surface area contributed by atoms with Crippen LogP contribution in [-0.2, 0) is 5.33 Å². The minimum absolute atomic E-state index is 0.167. The standard InChI is InChI=1S/C8H6BrF2NO/c9-2-7-6(8(10)11)1-5(4-13)3-12-7/h1,3-4,8H,2H2. The maximum Gasteiger partial charge on any atom is 0.265 e. The number of carbonyl (C=O) groups is 1. The quantitative estimate of drug-likeness (QED) is 0.609. The number of aromatic nitrogens is 1. The molecule has 70 valence electrons. The van der Waals surface area contributed by atoms with Crippen LogP contribution in [0.4, 0.5) is 8.78 Å². The molecule has 0 bridgehead atoms. The van der Waals surface area contributed by atoms with Crippen LogP contribution in [0.25, 0.3) is 0 Å². The molecular weight excluding hydrogens is 244 g/mol. The highest BCUT2D eigenvalue weighted by atomic mass is 79.9. The predicted molar refractivity (Wildman–Crippen MR) is 47.2 cm³/mol. The molecule has 0 unspecified atom stereocenters. The van der Waals surface area contributed by atoms with Gasteiger partial charge in [0.15, 0.2) is 6.29 Å². The van der Waals surface area contributed by atoms with Crippen LogP contribution < -0.4 is 0 Å². The first-order valence-electron chi connectivity index (χ1n) is 3.47. The molecule has 2 nitrogen and oxygen atoms in total. The summed E-state index contributed by atoms with van der Waals surface area (Å²) < 4.78 is 24.7. The predicted octanol–water partition coefficient (Wildman–Crippen LogP) is 2.73. The van der Waals surface area contributed by atoms with E-state index in [4.69, 9.17) is 0 Å². The Kier molecular flexibility index (Phi) is 3.48. The zero-order chi connectivity index (χ0) is 9.84. The van der Waals surface area contributed by atoms with E-state index in [9.17, 15) is 13.6 Å². The molecule has 1 heterocycles. The van der Waals surface area contributed by atoms with Crippen molar-refractivity contribution in [3.63, 3.8) is 0 Å². The molecule has 0 saturated carbocycles. The van der Waals surface area contributed by atoms with Gasteiger partial charge in [0, 0.05) is 22.7 Å². The number of pyridine rings is 1. The fourth-order valence-electron chi connectivity index (χ4n) is 0.892. The van der Waals surface area contributed by atoms with Crippen molar-refractivity contribution in [3.05, 3.63) is 29.1 Å². The van der Waals surface area contributed by atoms with Crippen LogP contribution in [-0.4, -0.2) is 11.3 Å². The molecular formula is C8H6BrF2NO. The van der Waals surface area contributed by atoms with Gasteiger partial charge in [0.25, 0.3) is 6.43 Å². The van der Waals surface area contributed by atoms with Crippen molar-refractivity contribution in [2.45, 2.75) is 11.8 Å². The molecule has 0 N–H and O–H groups in total. The monoisotopic (exact) mass is 249 g/mol. The lowest BCUT2D eigenvalue weighted by molar-refractivity contribution is 0.112. The van der Waals surface area contributed by atoms with E-state index < -0.39 is 6.43 Å². The molecule has 0 saturated heterocycles. The molecule has 13 heavy (non-hydrogen) atoms. The zero-order valence-corrected chi connectivity index (χ0v) is 8.09. The zero-order valence-electron chi connectivity index (χ0n) is 6.51. The van der Waals surface area contributed by atoms with Crippen molar-refractivity contribution in [1.82, 2.24) is 4.98 Å². The van der Waals surface area contributed by atoms with Gasteiger partial charge in [-0.1, -0.05) is 15.9 Å². The summed E-state index contributed by atoms with van der Waals surface area (Å²) in [5, 5.41) is 0.256. The van der Waals surface area contributed by atoms with E-state index in [0.29, 0.717) is 6.29 Å². The SMILES string of the molecule is O=Cc1cnc(CBr)c(C(F)F)c1. The van der Waals surface area contributed by atoms with Crippen LogP contribution in [0.5, 0.6) is 0 Å². The Morgan fingerprint density at radius 2 is 2.31 bits per heavy atom. The van der Waals surface area contributed by atoms with Crippen molar-refractivity contribution in [3.8, 4) is 0 Å². The number of alkyl halides is 3. The molecule has 0 amide bonds. The van der Waals surface area contributed by atoms with Crippen molar-refractivity contribution in [1.29, 1.82) is 0 Å². The molecule has 0 aliphatic heterocycles. The molecule has 1 rings (SSSR count). The number of rotatable bonds is 3. The largest absolute Gasteiger partial charge is 0.298 e. The summed E-state index contributed by atoms with van der Waals surface area (Å²) in [6.07, 6.45) is -0.827. The maximum atomic E-state index is 12.4. The van der Waals surface area contributed by atoms with E-state index in [-0.39, 0.29) is 22.2 Å². The molecule has 0 radical (unpaired) electrons. The summed E-state index contributed by atoms with van der Waals surface area (Å²) in [6, 6.07) is 1.15. The Morgan fingerprint density at radius 1 is 1.62 bits per heavy atom. The number of halogens is 3. The lowest BCUT2D eigenvalue weighted by Gasteiger charge is -2.04. The van der Waals surface area contributed by atoms with E-state index in [1.807, 2.05) is 0 Å². The van der Waals surface area contributed by atoms with Gasteiger partial charge >= 0.3 is 0 Å². The minimum Gasteiger partial charge on any atom is -0.298 e. The number of aldehydes is 1. The highest BCUT2D eigenvalue weighted by Gasteiger charge is 2.13. The number of hydrogen-bond acceptors (Lipinski definition) is 2. The highest BCUT2D eigenvalue weighted by Crippen LogP contribution is 2.23. The fraction of sp³-hybridized carbons (Fsp3) is 0.250. The van der Waals surface area contributed by atoms with E-state index in [1.165, 1.54) is 6.20 Å². The Bertz CT molecular complexity index is 317. The van der Waals surface area contributed by atoms with Crippen LogP contribution in [0.2, 0.25) is 0 Å². The average Bonchev–Trinajstić information content (AvgIpc) is 2.16. The summed E-state index contributed by atoms with van der Waals surface area (Å²) in [5.74, 6) is 0. The first-order valence-corrected chi connectivity index (χ1v) is 4.59. The van der Waals surface area contributed by atoms with Gasteiger partial charge in [-0.05, 0) is 6.07 Å². The molecule has 1 aromatic rings. The molecule has 0 atom stereocenters. The summed E-state index contributed by atoms with van der Waals surface area (Å²) in [4.78, 5) is 14.0. The van der Waals surface area contributed by atoms with Crippen molar-refractivity contribution < 1.29 is 13.6 Å². The van der Waals surface area contributed by atoms with Crippen LogP contribution in [0, 0.1) is 0 Å². The Morgan fingerprint density at radius 3 is 2.77 bits per heavy atom. The van der Waals surface area contributed by atoms with Gasteiger partial charge in [0.05, 0.1) is 5.69 Å². The molecule has 1 aromatic heterocycles. The Balaban J connectivity index is 3.17. The highest BCUT2D eigenvalue weighted by molar-refractivity contribution is 9.08. The molecule has 0 aliphatic carbocycles. The summed E-state index contributed by atoms with van der Waals surface area (Å²) in [7, 11) is 0. The molecule has 0 fully saturated rings. The summed E-state index contributed by atoms with van der Waals surface area (Å²) in [5.41, 5.74) is 0.238.